The lowest BCUT2D eigenvalue weighted by molar-refractivity contribution is 0.323. The molecule has 4 heteroatoms. The molecule has 0 saturated heterocycles. The molecule has 3 nitrogen and oxygen atoms in total. The van der Waals surface area contributed by atoms with Gasteiger partial charge >= 0.3 is 0 Å². The molecule has 1 heterocycles. The van der Waals surface area contributed by atoms with E-state index in [2.05, 4.69) is 9.97 Å². The highest BCUT2D eigenvalue weighted by Crippen LogP contribution is 2.21. The van der Waals surface area contributed by atoms with Crippen LogP contribution < -0.4 is 4.74 Å². The van der Waals surface area contributed by atoms with E-state index < -0.39 is 0 Å². The summed E-state index contributed by atoms with van der Waals surface area (Å²) in [4.78, 5) is 8.38. The third kappa shape index (κ3) is 2.84. The summed E-state index contributed by atoms with van der Waals surface area (Å²) < 4.78 is 5.26. The van der Waals surface area contributed by atoms with Crippen molar-refractivity contribution in [2.24, 2.45) is 0 Å². The normalized spacial score (nSPS) is 14.9. The second-order valence-electron chi connectivity index (χ2n) is 3.18. The summed E-state index contributed by atoms with van der Waals surface area (Å²) in [6, 6.07) is 0. The summed E-state index contributed by atoms with van der Waals surface area (Å²) in [5.74, 6) is 0.749. The lowest BCUT2D eigenvalue weighted by Gasteiger charge is -2.13. The lowest BCUT2D eigenvalue weighted by atomic mass is 10.1. The molecule has 0 saturated carbocycles. The predicted molar refractivity (Wildman–Crippen MR) is 56.9 cm³/mol. The molecule has 0 aliphatic carbocycles. The van der Waals surface area contributed by atoms with Gasteiger partial charge in [-0.2, -0.15) is 0 Å². The van der Waals surface area contributed by atoms with Crippen LogP contribution in [0.15, 0.2) is 12.4 Å². The van der Waals surface area contributed by atoms with Crippen molar-refractivity contribution < 1.29 is 4.74 Å². The van der Waals surface area contributed by atoms with E-state index in [1.807, 2.05) is 20.8 Å². The highest BCUT2D eigenvalue weighted by atomic mass is 35.5. The molecular formula is C10H15ClN2O. The number of aromatic nitrogens is 2. The molecule has 0 aliphatic heterocycles. The number of halogens is 1. The molecule has 2 atom stereocenters. The molecule has 0 aliphatic rings. The van der Waals surface area contributed by atoms with Gasteiger partial charge in [0, 0.05) is 17.5 Å². The smallest absolute Gasteiger partial charge is 0.232 e. The van der Waals surface area contributed by atoms with Gasteiger partial charge in [-0.25, -0.2) is 4.98 Å². The SMILES string of the molecule is CCOc1cncc(C(C)C(C)Cl)n1. The third-order valence-electron chi connectivity index (χ3n) is 2.08. The molecule has 1 rings (SSSR count). The van der Waals surface area contributed by atoms with E-state index in [4.69, 9.17) is 16.3 Å². The second-order valence-corrected chi connectivity index (χ2v) is 3.87. The fourth-order valence-electron chi connectivity index (χ4n) is 1.03. The zero-order chi connectivity index (χ0) is 10.6. The highest BCUT2D eigenvalue weighted by Gasteiger charge is 2.14. The molecule has 1 aromatic heterocycles. The van der Waals surface area contributed by atoms with Crippen LogP contribution in [0.5, 0.6) is 5.88 Å². The van der Waals surface area contributed by atoms with Crippen LogP contribution in [0.2, 0.25) is 0 Å². The largest absolute Gasteiger partial charge is 0.477 e. The van der Waals surface area contributed by atoms with Crippen LogP contribution in [0.25, 0.3) is 0 Å². The van der Waals surface area contributed by atoms with Crippen LogP contribution in [0.4, 0.5) is 0 Å². The van der Waals surface area contributed by atoms with Gasteiger partial charge in [0.15, 0.2) is 0 Å². The molecule has 0 amide bonds. The van der Waals surface area contributed by atoms with E-state index in [0.717, 1.165) is 5.69 Å². The third-order valence-corrected chi connectivity index (χ3v) is 2.46. The van der Waals surface area contributed by atoms with Crippen molar-refractivity contribution >= 4 is 11.6 Å². The van der Waals surface area contributed by atoms with E-state index in [0.29, 0.717) is 12.5 Å². The first kappa shape index (κ1) is 11.2. The van der Waals surface area contributed by atoms with E-state index in [1.165, 1.54) is 0 Å². The topological polar surface area (TPSA) is 35.0 Å². The Kier molecular flexibility index (Phi) is 4.14. The average molecular weight is 215 g/mol. The quantitative estimate of drug-likeness (QED) is 0.723. The molecule has 0 spiro atoms. The van der Waals surface area contributed by atoms with Crippen molar-refractivity contribution in [1.82, 2.24) is 9.97 Å². The fourth-order valence-corrected chi connectivity index (χ4v) is 1.16. The number of alkyl halides is 1. The first-order valence-corrected chi connectivity index (χ1v) is 5.17. The molecule has 0 N–H and O–H groups in total. The summed E-state index contributed by atoms with van der Waals surface area (Å²) >= 11 is 5.98. The van der Waals surface area contributed by atoms with Gasteiger partial charge in [-0.3, -0.25) is 4.98 Å². The number of rotatable bonds is 4. The predicted octanol–water partition coefficient (Wildman–Crippen LogP) is 2.61. The van der Waals surface area contributed by atoms with Crippen molar-refractivity contribution in [3.05, 3.63) is 18.1 Å². The molecule has 0 radical (unpaired) electrons. The van der Waals surface area contributed by atoms with Crippen molar-refractivity contribution in [3.63, 3.8) is 0 Å². The monoisotopic (exact) mass is 214 g/mol. The molecule has 0 fully saturated rings. The summed E-state index contributed by atoms with van der Waals surface area (Å²) in [7, 11) is 0. The van der Waals surface area contributed by atoms with Crippen LogP contribution in [-0.2, 0) is 0 Å². The Morgan fingerprint density at radius 1 is 1.43 bits per heavy atom. The van der Waals surface area contributed by atoms with Gasteiger partial charge in [0.05, 0.1) is 18.5 Å². The maximum absolute atomic E-state index is 5.98. The van der Waals surface area contributed by atoms with Crippen molar-refractivity contribution in [3.8, 4) is 5.88 Å². The van der Waals surface area contributed by atoms with Gasteiger partial charge in [0.2, 0.25) is 5.88 Å². The summed E-state index contributed by atoms with van der Waals surface area (Å²) in [6.45, 7) is 6.49. The Morgan fingerprint density at radius 3 is 2.71 bits per heavy atom. The first-order chi connectivity index (χ1) is 6.65. The number of nitrogens with zero attached hydrogens (tertiary/aromatic N) is 2. The molecule has 14 heavy (non-hydrogen) atoms. The van der Waals surface area contributed by atoms with Gasteiger partial charge in [0.1, 0.15) is 0 Å². The maximum Gasteiger partial charge on any atom is 0.232 e. The van der Waals surface area contributed by atoms with Crippen molar-refractivity contribution in [2.75, 3.05) is 6.61 Å². The Bertz CT molecular complexity index is 291. The molecule has 2 unspecified atom stereocenters. The van der Waals surface area contributed by atoms with Crippen molar-refractivity contribution in [2.45, 2.75) is 32.1 Å². The minimum atomic E-state index is 0.0428. The van der Waals surface area contributed by atoms with Crippen molar-refractivity contribution in [1.29, 1.82) is 0 Å². The molecule has 78 valence electrons. The highest BCUT2D eigenvalue weighted by molar-refractivity contribution is 6.20. The van der Waals surface area contributed by atoms with Crippen LogP contribution in [0, 0.1) is 0 Å². The van der Waals surface area contributed by atoms with E-state index in [-0.39, 0.29) is 11.3 Å². The van der Waals surface area contributed by atoms with Crippen LogP contribution in [-0.4, -0.2) is 22.0 Å². The molecular weight excluding hydrogens is 200 g/mol. The minimum Gasteiger partial charge on any atom is -0.477 e. The van der Waals surface area contributed by atoms with Crippen LogP contribution >= 0.6 is 11.6 Å². The van der Waals surface area contributed by atoms with E-state index >= 15 is 0 Å². The van der Waals surface area contributed by atoms with Crippen LogP contribution in [0.1, 0.15) is 32.4 Å². The number of hydrogen-bond acceptors (Lipinski definition) is 3. The van der Waals surface area contributed by atoms with Gasteiger partial charge in [-0.05, 0) is 13.8 Å². The van der Waals surface area contributed by atoms with Gasteiger partial charge in [0.25, 0.3) is 0 Å². The number of hydrogen-bond donors (Lipinski definition) is 0. The molecule has 1 aromatic rings. The Balaban J connectivity index is 2.82. The first-order valence-electron chi connectivity index (χ1n) is 4.74. The van der Waals surface area contributed by atoms with Gasteiger partial charge < -0.3 is 4.74 Å². The Hall–Kier alpha value is -0.830. The molecule has 0 aromatic carbocycles. The standard InChI is InChI=1S/C10H15ClN2O/c1-4-14-10-6-12-5-9(13-10)7(2)8(3)11/h5-8H,4H2,1-3H3. The Labute approximate surface area is 89.5 Å². The summed E-state index contributed by atoms with van der Waals surface area (Å²) in [5, 5.41) is 0.0428. The zero-order valence-corrected chi connectivity index (χ0v) is 9.45. The minimum absolute atomic E-state index is 0.0428. The van der Waals surface area contributed by atoms with Crippen LogP contribution in [0.3, 0.4) is 0 Å². The molecule has 0 bridgehead atoms. The van der Waals surface area contributed by atoms with E-state index in [1.54, 1.807) is 12.4 Å². The van der Waals surface area contributed by atoms with Gasteiger partial charge in [-0.1, -0.05) is 6.92 Å². The lowest BCUT2D eigenvalue weighted by Crippen LogP contribution is -2.08. The maximum atomic E-state index is 5.98. The number of ether oxygens (including phenoxy) is 1. The van der Waals surface area contributed by atoms with Gasteiger partial charge in [-0.15, -0.1) is 11.6 Å². The second kappa shape index (κ2) is 5.15. The zero-order valence-electron chi connectivity index (χ0n) is 8.70. The summed E-state index contributed by atoms with van der Waals surface area (Å²) in [6.07, 6.45) is 3.34. The Morgan fingerprint density at radius 2 is 2.14 bits per heavy atom. The van der Waals surface area contributed by atoms with E-state index in [9.17, 15) is 0 Å². The summed E-state index contributed by atoms with van der Waals surface area (Å²) in [5.41, 5.74) is 0.874. The fraction of sp³-hybridized carbons (Fsp3) is 0.600. The average Bonchev–Trinajstić information content (AvgIpc) is 2.17.